The van der Waals surface area contributed by atoms with Gasteiger partial charge in [0.1, 0.15) is 6.04 Å². The van der Waals surface area contributed by atoms with E-state index in [1.54, 1.807) is 0 Å². The lowest BCUT2D eigenvalue weighted by atomic mass is 10.1. The second kappa shape index (κ2) is 4.67. The maximum absolute atomic E-state index is 13.1. The smallest absolute Gasteiger partial charge is 0.307 e. The fraction of sp³-hybridized carbons (Fsp3) is 0.500. The highest BCUT2D eigenvalue weighted by Gasteiger charge is 2.49. The van der Waals surface area contributed by atoms with Gasteiger partial charge < -0.3 is 5.32 Å². The Morgan fingerprint density at radius 1 is 1.40 bits per heavy atom. The van der Waals surface area contributed by atoms with Gasteiger partial charge in [-0.2, -0.15) is 8.78 Å². The number of hydrogen-bond acceptors (Lipinski definition) is 2. The van der Waals surface area contributed by atoms with Crippen molar-refractivity contribution in [2.45, 2.75) is 18.4 Å². The largest absolute Gasteiger partial charge is 0.327 e. The summed E-state index contributed by atoms with van der Waals surface area (Å²) in [7, 11) is 1.20. The van der Waals surface area contributed by atoms with E-state index in [4.69, 9.17) is 11.6 Å². The predicted octanol–water partition coefficient (Wildman–Crippen LogP) is 3.56. The van der Waals surface area contributed by atoms with Gasteiger partial charge >= 0.3 is 12.3 Å². The molecule has 1 aromatic rings. The van der Waals surface area contributed by atoms with Crippen LogP contribution in [0.15, 0.2) is 12.1 Å². The molecule has 0 spiro atoms. The molecule has 0 amide bonds. The molecule has 0 radical (unpaired) electrons. The van der Waals surface area contributed by atoms with Crippen LogP contribution in [0.1, 0.15) is 10.9 Å². The molecule has 0 saturated carbocycles. The summed E-state index contributed by atoms with van der Waals surface area (Å²) in [6.07, 6.45) is -3.71. The van der Waals surface area contributed by atoms with Crippen molar-refractivity contribution in [2.75, 3.05) is 7.05 Å². The van der Waals surface area contributed by atoms with Crippen LogP contribution in [-0.2, 0) is 0 Å². The van der Waals surface area contributed by atoms with Crippen molar-refractivity contribution >= 4 is 22.9 Å². The first-order valence-electron chi connectivity index (χ1n) is 3.98. The second-order valence-electron chi connectivity index (χ2n) is 2.84. The predicted molar refractivity (Wildman–Crippen MR) is 52.1 cm³/mol. The van der Waals surface area contributed by atoms with Crippen molar-refractivity contribution in [3.63, 3.8) is 0 Å². The summed E-state index contributed by atoms with van der Waals surface area (Å²) in [6, 6.07) is 0.993. The molecule has 1 unspecified atom stereocenters. The molecule has 0 aliphatic rings. The van der Waals surface area contributed by atoms with Gasteiger partial charge in [-0.25, -0.2) is 8.78 Å². The summed E-state index contributed by atoms with van der Waals surface area (Å²) >= 11 is 6.40. The van der Waals surface area contributed by atoms with Gasteiger partial charge in [0.25, 0.3) is 0 Å². The summed E-state index contributed by atoms with van der Waals surface area (Å²) in [5.74, 6) is -4.11. The summed E-state index contributed by atoms with van der Waals surface area (Å²) in [4.78, 5) is 0.0906. The van der Waals surface area contributed by atoms with Gasteiger partial charge in [0.2, 0.25) is 0 Å². The standard InChI is InChI=1S/C8H8ClF4NS/c1-14-6(8(12,13)7(10)11)4-2-3-5(9)15-4/h2-3,6-7,14H,1H3. The van der Waals surface area contributed by atoms with E-state index in [1.165, 1.54) is 19.2 Å². The van der Waals surface area contributed by atoms with Crippen LogP contribution in [0.5, 0.6) is 0 Å². The molecule has 15 heavy (non-hydrogen) atoms. The van der Waals surface area contributed by atoms with Gasteiger partial charge in [0.15, 0.2) is 0 Å². The molecular formula is C8H8ClF4NS. The molecule has 1 rings (SSSR count). The molecule has 1 N–H and O–H groups in total. The molecule has 1 atom stereocenters. The summed E-state index contributed by atoms with van der Waals surface area (Å²) in [5.41, 5.74) is 0. The van der Waals surface area contributed by atoms with Gasteiger partial charge in [-0.05, 0) is 19.2 Å². The lowest BCUT2D eigenvalue weighted by Gasteiger charge is -2.24. The minimum Gasteiger partial charge on any atom is -0.307 e. The van der Waals surface area contributed by atoms with E-state index in [0.717, 1.165) is 11.3 Å². The first kappa shape index (κ1) is 12.7. The average Bonchev–Trinajstić information content (AvgIpc) is 2.52. The van der Waals surface area contributed by atoms with Crippen molar-refractivity contribution in [3.05, 3.63) is 21.3 Å². The normalized spacial score (nSPS) is 14.6. The highest BCUT2D eigenvalue weighted by molar-refractivity contribution is 7.16. The van der Waals surface area contributed by atoms with Crippen LogP contribution < -0.4 is 5.32 Å². The van der Waals surface area contributed by atoms with Crippen molar-refractivity contribution in [1.82, 2.24) is 5.32 Å². The Labute approximate surface area is 93.0 Å². The molecule has 0 fully saturated rings. The number of rotatable bonds is 4. The van der Waals surface area contributed by atoms with E-state index in [0.29, 0.717) is 0 Å². The molecule has 7 heteroatoms. The molecule has 0 aromatic carbocycles. The minimum absolute atomic E-state index is 0.0906. The first-order valence-corrected chi connectivity index (χ1v) is 5.17. The van der Waals surface area contributed by atoms with Crippen LogP contribution in [0.2, 0.25) is 4.34 Å². The zero-order valence-corrected chi connectivity index (χ0v) is 9.18. The zero-order chi connectivity index (χ0) is 11.6. The fourth-order valence-electron chi connectivity index (χ4n) is 1.13. The van der Waals surface area contributed by atoms with Crippen LogP contribution in [0.4, 0.5) is 17.6 Å². The Balaban J connectivity index is 2.98. The molecule has 1 aromatic heterocycles. The Morgan fingerprint density at radius 3 is 2.33 bits per heavy atom. The van der Waals surface area contributed by atoms with Crippen molar-refractivity contribution in [1.29, 1.82) is 0 Å². The lowest BCUT2D eigenvalue weighted by molar-refractivity contribution is -0.149. The van der Waals surface area contributed by atoms with Crippen LogP contribution in [0, 0.1) is 0 Å². The monoisotopic (exact) mass is 261 g/mol. The molecule has 1 nitrogen and oxygen atoms in total. The van der Waals surface area contributed by atoms with Crippen LogP contribution >= 0.6 is 22.9 Å². The average molecular weight is 262 g/mol. The number of nitrogens with one attached hydrogen (secondary N) is 1. The van der Waals surface area contributed by atoms with Gasteiger partial charge in [0, 0.05) is 4.88 Å². The number of thiophene rings is 1. The molecule has 0 aliphatic heterocycles. The quantitative estimate of drug-likeness (QED) is 0.817. The number of alkyl halides is 4. The number of halogens is 5. The van der Waals surface area contributed by atoms with Gasteiger partial charge in [-0.1, -0.05) is 11.6 Å². The molecular weight excluding hydrogens is 254 g/mol. The third-order valence-electron chi connectivity index (χ3n) is 1.84. The van der Waals surface area contributed by atoms with Crippen LogP contribution in [-0.4, -0.2) is 19.4 Å². The maximum atomic E-state index is 13.1. The van der Waals surface area contributed by atoms with E-state index >= 15 is 0 Å². The Hall–Kier alpha value is -0.330. The van der Waals surface area contributed by atoms with E-state index in [-0.39, 0.29) is 9.21 Å². The summed E-state index contributed by atoms with van der Waals surface area (Å²) < 4.78 is 50.6. The molecule has 0 aliphatic carbocycles. The Kier molecular flexibility index (Phi) is 3.97. The SMILES string of the molecule is CNC(c1ccc(Cl)s1)C(F)(F)C(F)F. The summed E-state index contributed by atoms with van der Waals surface area (Å²) in [6.45, 7) is 0. The van der Waals surface area contributed by atoms with Gasteiger partial charge in [-0.15, -0.1) is 11.3 Å². The molecule has 1 heterocycles. The summed E-state index contributed by atoms with van der Waals surface area (Å²) in [5, 5.41) is 2.18. The highest BCUT2D eigenvalue weighted by atomic mass is 35.5. The first-order chi connectivity index (χ1) is 6.89. The van der Waals surface area contributed by atoms with Crippen molar-refractivity contribution in [2.24, 2.45) is 0 Å². The second-order valence-corrected chi connectivity index (χ2v) is 4.59. The third-order valence-corrected chi connectivity index (χ3v) is 3.14. The Morgan fingerprint density at radius 2 is 2.00 bits per heavy atom. The molecule has 86 valence electrons. The van der Waals surface area contributed by atoms with Crippen LogP contribution in [0.3, 0.4) is 0 Å². The maximum Gasteiger partial charge on any atom is 0.327 e. The highest BCUT2D eigenvalue weighted by Crippen LogP contribution is 2.39. The van der Waals surface area contributed by atoms with Crippen molar-refractivity contribution < 1.29 is 17.6 Å². The van der Waals surface area contributed by atoms with E-state index in [1.807, 2.05) is 0 Å². The zero-order valence-electron chi connectivity index (χ0n) is 7.61. The topological polar surface area (TPSA) is 12.0 Å². The van der Waals surface area contributed by atoms with E-state index < -0.39 is 18.4 Å². The third kappa shape index (κ3) is 2.62. The minimum atomic E-state index is -4.11. The molecule has 0 saturated heterocycles. The van der Waals surface area contributed by atoms with Crippen LogP contribution in [0.25, 0.3) is 0 Å². The lowest BCUT2D eigenvalue weighted by Crippen LogP contribution is -2.40. The fourth-order valence-corrected chi connectivity index (χ4v) is 2.35. The van der Waals surface area contributed by atoms with Crippen molar-refractivity contribution in [3.8, 4) is 0 Å². The van der Waals surface area contributed by atoms with E-state index in [9.17, 15) is 17.6 Å². The Bertz CT molecular complexity index is 328. The van der Waals surface area contributed by atoms with Gasteiger partial charge in [0.05, 0.1) is 4.34 Å². The van der Waals surface area contributed by atoms with E-state index in [2.05, 4.69) is 5.32 Å². The molecule has 0 bridgehead atoms. The number of hydrogen-bond donors (Lipinski definition) is 1. The van der Waals surface area contributed by atoms with Gasteiger partial charge in [-0.3, -0.25) is 0 Å².